The van der Waals surface area contributed by atoms with Gasteiger partial charge in [0.05, 0.1) is 17.7 Å². The monoisotopic (exact) mass is 272 g/mol. The van der Waals surface area contributed by atoms with Gasteiger partial charge < -0.3 is 10.6 Å². The first-order chi connectivity index (χ1) is 9.61. The van der Waals surface area contributed by atoms with Gasteiger partial charge in [0.2, 0.25) is 11.8 Å². The number of carbonyl (C=O) groups is 3. The molecule has 0 spiro atoms. The number of nitrogens with zero attached hydrogens (tertiary/aromatic N) is 2. The van der Waals surface area contributed by atoms with Crippen molar-refractivity contribution in [2.24, 2.45) is 5.73 Å². The Morgan fingerprint density at radius 2 is 2.10 bits per heavy atom. The topological polar surface area (TPSA) is 105 Å². The maximum absolute atomic E-state index is 12.3. The molecule has 0 bridgehead atoms. The molecule has 2 rings (SSSR count). The first-order valence-electron chi connectivity index (χ1n) is 5.86. The predicted molar refractivity (Wildman–Crippen MR) is 69.2 cm³/mol. The minimum Gasteiger partial charge on any atom is -0.320 e. The van der Waals surface area contributed by atoms with Gasteiger partial charge in [-0.25, -0.2) is 0 Å². The van der Waals surface area contributed by atoms with E-state index in [0.717, 1.165) is 0 Å². The summed E-state index contributed by atoms with van der Waals surface area (Å²) in [5.41, 5.74) is 6.01. The molecule has 0 radical (unpaired) electrons. The molecule has 3 amide bonds. The highest BCUT2D eigenvalue weighted by Gasteiger charge is 2.28. The SMILES string of the molecule is NCC#Cc1cnccc1C(=O)N1CC(=O)NC(=O)C1. The molecule has 0 aromatic carbocycles. The third-order valence-corrected chi connectivity index (χ3v) is 2.61. The summed E-state index contributed by atoms with van der Waals surface area (Å²) in [5.74, 6) is 3.95. The molecule has 7 heteroatoms. The zero-order chi connectivity index (χ0) is 14.5. The zero-order valence-corrected chi connectivity index (χ0v) is 10.5. The Morgan fingerprint density at radius 3 is 2.75 bits per heavy atom. The minimum absolute atomic E-state index is 0.156. The van der Waals surface area contributed by atoms with Crippen LogP contribution in [-0.2, 0) is 9.59 Å². The summed E-state index contributed by atoms with van der Waals surface area (Å²) >= 11 is 0. The number of piperazine rings is 1. The Balaban J connectivity index is 2.29. The van der Waals surface area contributed by atoms with Crippen LogP contribution in [0, 0.1) is 11.8 Å². The van der Waals surface area contributed by atoms with Crippen molar-refractivity contribution in [2.75, 3.05) is 19.6 Å². The van der Waals surface area contributed by atoms with Crippen LogP contribution in [0.3, 0.4) is 0 Å². The van der Waals surface area contributed by atoms with Crippen molar-refractivity contribution in [1.82, 2.24) is 15.2 Å². The lowest BCUT2D eigenvalue weighted by molar-refractivity contribution is -0.135. The average Bonchev–Trinajstić information content (AvgIpc) is 2.43. The van der Waals surface area contributed by atoms with E-state index in [4.69, 9.17) is 5.73 Å². The van der Waals surface area contributed by atoms with E-state index >= 15 is 0 Å². The van der Waals surface area contributed by atoms with Gasteiger partial charge in [-0.2, -0.15) is 0 Å². The smallest absolute Gasteiger partial charge is 0.256 e. The van der Waals surface area contributed by atoms with E-state index in [1.165, 1.54) is 23.4 Å². The number of hydrogen-bond acceptors (Lipinski definition) is 5. The van der Waals surface area contributed by atoms with Gasteiger partial charge in [-0.15, -0.1) is 0 Å². The lowest BCUT2D eigenvalue weighted by atomic mass is 10.1. The lowest BCUT2D eigenvalue weighted by Gasteiger charge is -2.25. The fourth-order valence-electron chi connectivity index (χ4n) is 1.78. The molecule has 0 atom stereocenters. The first-order valence-corrected chi connectivity index (χ1v) is 5.86. The molecule has 3 N–H and O–H groups in total. The number of nitrogens with one attached hydrogen (secondary N) is 1. The predicted octanol–water partition coefficient (Wildman–Crippen LogP) is -1.51. The summed E-state index contributed by atoms with van der Waals surface area (Å²) < 4.78 is 0. The van der Waals surface area contributed by atoms with Crippen LogP contribution >= 0.6 is 0 Å². The van der Waals surface area contributed by atoms with E-state index in [9.17, 15) is 14.4 Å². The van der Waals surface area contributed by atoms with Gasteiger partial charge >= 0.3 is 0 Å². The molecule has 20 heavy (non-hydrogen) atoms. The Kier molecular flexibility index (Phi) is 4.08. The molecule has 1 saturated heterocycles. The number of imide groups is 1. The molecule has 102 valence electrons. The molecule has 2 heterocycles. The third kappa shape index (κ3) is 2.99. The van der Waals surface area contributed by atoms with Crippen LogP contribution in [0.5, 0.6) is 0 Å². The van der Waals surface area contributed by atoms with E-state index in [1.807, 2.05) is 0 Å². The van der Waals surface area contributed by atoms with Crippen LogP contribution in [0.25, 0.3) is 0 Å². The van der Waals surface area contributed by atoms with Crippen molar-refractivity contribution in [3.63, 3.8) is 0 Å². The van der Waals surface area contributed by atoms with Gasteiger partial charge in [-0.1, -0.05) is 11.8 Å². The number of hydrogen-bond donors (Lipinski definition) is 2. The van der Waals surface area contributed by atoms with Gasteiger partial charge in [0, 0.05) is 12.4 Å². The van der Waals surface area contributed by atoms with E-state index in [1.54, 1.807) is 0 Å². The normalized spacial score (nSPS) is 14.3. The molecule has 7 nitrogen and oxygen atoms in total. The first kappa shape index (κ1) is 13.7. The second-order valence-electron chi connectivity index (χ2n) is 4.06. The van der Waals surface area contributed by atoms with Crippen LogP contribution < -0.4 is 11.1 Å². The number of pyridine rings is 1. The second-order valence-corrected chi connectivity index (χ2v) is 4.06. The highest BCUT2D eigenvalue weighted by atomic mass is 16.2. The van der Waals surface area contributed by atoms with Crippen molar-refractivity contribution in [2.45, 2.75) is 0 Å². The maximum atomic E-state index is 12.3. The number of amides is 3. The number of nitrogens with two attached hydrogens (primary N) is 1. The Hall–Kier alpha value is -2.72. The molecule has 0 aliphatic carbocycles. The van der Waals surface area contributed by atoms with Crippen LogP contribution in [0.1, 0.15) is 15.9 Å². The van der Waals surface area contributed by atoms with E-state index in [-0.39, 0.29) is 19.6 Å². The third-order valence-electron chi connectivity index (χ3n) is 2.61. The summed E-state index contributed by atoms with van der Waals surface area (Å²) in [4.78, 5) is 40.0. The van der Waals surface area contributed by atoms with Gasteiger partial charge in [0.25, 0.3) is 5.91 Å². The summed E-state index contributed by atoms with van der Waals surface area (Å²) in [5, 5.41) is 2.14. The number of rotatable bonds is 1. The number of carbonyl (C=O) groups excluding carboxylic acids is 3. The van der Waals surface area contributed by atoms with Gasteiger partial charge in [0.1, 0.15) is 13.1 Å². The minimum atomic E-state index is -0.502. The molecule has 1 aromatic heterocycles. The molecule has 1 aliphatic rings. The van der Waals surface area contributed by atoms with Crippen LogP contribution in [0.2, 0.25) is 0 Å². The van der Waals surface area contributed by atoms with Gasteiger partial charge in [-0.3, -0.25) is 24.7 Å². The Labute approximate surface area is 115 Å². The Morgan fingerprint density at radius 1 is 1.40 bits per heavy atom. The molecule has 0 saturated carbocycles. The summed E-state index contributed by atoms with van der Waals surface area (Å²) in [6, 6.07) is 1.50. The number of aromatic nitrogens is 1. The van der Waals surface area contributed by atoms with Crippen molar-refractivity contribution in [1.29, 1.82) is 0 Å². The standard InChI is InChI=1S/C13H12N4O3/c14-4-1-2-9-6-15-5-3-10(9)13(20)17-7-11(18)16-12(19)8-17/h3,5-6H,4,7-8,14H2,(H,16,18,19). The van der Waals surface area contributed by atoms with Crippen molar-refractivity contribution < 1.29 is 14.4 Å². The molecular formula is C13H12N4O3. The van der Waals surface area contributed by atoms with E-state index in [2.05, 4.69) is 22.1 Å². The van der Waals surface area contributed by atoms with Crippen LogP contribution in [0.15, 0.2) is 18.5 Å². The Bertz CT molecular complexity index is 614. The largest absolute Gasteiger partial charge is 0.320 e. The molecule has 0 unspecified atom stereocenters. The summed E-state index contributed by atoms with van der Waals surface area (Å²) in [7, 11) is 0. The van der Waals surface area contributed by atoms with Crippen LogP contribution in [0.4, 0.5) is 0 Å². The van der Waals surface area contributed by atoms with Gasteiger partial charge in [-0.05, 0) is 6.07 Å². The fraction of sp³-hybridized carbons (Fsp3) is 0.231. The summed E-state index contributed by atoms with van der Waals surface area (Å²) in [6.45, 7) is -0.152. The van der Waals surface area contributed by atoms with E-state index in [0.29, 0.717) is 11.1 Å². The lowest BCUT2D eigenvalue weighted by Crippen LogP contribution is -2.53. The maximum Gasteiger partial charge on any atom is 0.256 e. The second kappa shape index (κ2) is 5.95. The zero-order valence-electron chi connectivity index (χ0n) is 10.5. The molecular weight excluding hydrogens is 260 g/mol. The van der Waals surface area contributed by atoms with Crippen molar-refractivity contribution in [3.05, 3.63) is 29.6 Å². The summed E-state index contributed by atoms with van der Waals surface area (Å²) in [6.07, 6.45) is 2.90. The highest BCUT2D eigenvalue weighted by molar-refractivity contribution is 6.06. The van der Waals surface area contributed by atoms with Gasteiger partial charge in [0.15, 0.2) is 0 Å². The molecule has 1 fully saturated rings. The van der Waals surface area contributed by atoms with Crippen molar-refractivity contribution in [3.8, 4) is 11.8 Å². The van der Waals surface area contributed by atoms with Crippen LogP contribution in [-0.4, -0.2) is 47.2 Å². The van der Waals surface area contributed by atoms with Crippen molar-refractivity contribution >= 4 is 17.7 Å². The average molecular weight is 272 g/mol. The fourth-order valence-corrected chi connectivity index (χ4v) is 1.78. The van der Waals surface area contributed by atoms with E-state index < -0.39 is 17.7 Å². The quantitative estimate of drug-likeness (QED) is 0.477. The highest BCUT2D eigenvalue weighted by Crippen LogP contribution is 2.10. The molecule has 1 aliphatic heterocycles. The molecule has 1 aromatic rings.